The van der Waals surface area contributed by atoms with E-state index in [0.717, 1.165) is 60.4 Å². The van der Waals surface area contributed by atoms with Crippen LogP contribution in [-0.2, 0) is 23.6 Å². The number of amides is 1. The lowest BCUT2D eigenvalue weighted by Crippen LogP contribution is -2.36. The number of hydrogen-bond acceptors (Lipinski definition) is 5. The smallest absolute Gasteiger partial charge is 0.251 e. The molecule has 1 aliphatic heterocycles. The fraction of sp³-hybridized carbons (Fsp3) is 0.259. The van der Waals surface area contributed by atoms with E-state index in [1.54, 1.807) is 11.8 Å². The van der Waals surface area contributed by atoms with Gasteiger partial charge in [0, 0.05) is 54.8 Å². The van der Waals surface area contributed by atoms with Crippen LogP contribution in [0.3, 0.4) is 0 Å². The Morgan fingerprint density at radius 3 is 2.53 bits per heavy atom. The van der Waals surface area contributed by atoms with Gasteiger partial charge in [0.1, 0.15) is 5.65 Å². The van der Waals surface area contributed by atoms with Crippen LogP contribution in [0.5, 0.6) is 0 Å². The van der Waals surface area contributed by atoms with Gasteiger partial charge in [-0.3, -0.25) is 9.69 Å². The molecule has 174 valence electrons. The summed E-state index contributed by atoms with van der Waals surface area (Å²) in [6, 6.07) is 22.1. The van der Waals surface area contributed by atoms with Crippen molar-refractivity contribution in [2.45, 2.75) is 23.7 Å². The lowest BCUT2D eigenvalue weighted by atomic mass is 10.1. The van der Waals surface area contributed by atoms with E-state index in [2.05, 4.69) is 39.6 Å². The first-order valence-corrected chi connectivity index (χ1v) is 12.5. The molecule has 1 amide bonds. The molecule has 7 heteroatoms. The molecule has 3 heterocycles. The SMILES string of the molecule is O=C(NCc1ccccc1CN1CCOCC1)c1ccc(SCc2cn3ccccc3n2)cc1. The van der Waals surface area contributed by atoms with Crippen molar-refractivity contribution in [3.05, 3.63) is 102 Å². The second-order valence-corrected chi connectivity index (χ2v) is 9.40. The fourth-order valence-corrected chi connectivity index (χ4v) is 4.86. The topological polar surface area (TPSA) is 58.9 Å². The zero-order chi connectivity index (χ0) is 23.2. The zero-order valence-electron chi connectivity index (χ0n) is 19.0. The van der Waals surface area contributed by atoms with Crippen LogP contribution in [0.15, 0.2) is 84.0 Å². The zero-order valence-corrected chi connectivity index (χ0v) is 19.8. The quantitative estimate of drug-likeness (QED) is 0.386. The van der Waals surface area contributed by atoms with Gasteiger partial charge in [-0.15, -0.1) is 11.8 Å². The van der Waals surface area contributed by atoms with Crippen molar-refractivity contribution < 1.29 is 9.53 Å². The normalized spacial score (nSPS) is 14.4. The number of pyridine rings is 1. The number of hydrogen-bond donors (Lipinski definition) is 1. The molecule has 2 aromatic carbocycles. The maximum Gasteiger partial charge on any atom is 0.251 e. The minimum atomic E-state index is -0.0573. The Hall–Kier alpha value is -3.13. The van der Waals surface area contributed by atoms with Crippen LogP contribution in [0, 0.1) is 0 Å². The highest BCUT2D eigenvalue weighted by Gasteiger charge is 2.13. The van der Waals surface area contributed by atoms with E-state index >= 15 is 0 Å². The monoisotopic (exact) mass is 472 g/mol. The minimum Gasteiger partial charge on any atom is -0.379 e. The number of aromatic nitrogens is 2. The van der Waals surface area contributed by atoms with Gasteiger partial charge in [-0.1, -0.05) is 30.3 Å². The summed E-state index contributed by atoms with van der Waals surface area (Å²) in [6.45, 7) is 4.86. The minimum absolute atomic E-state index is 0.0573. The number of nitrogens with zero attached hydrogens (tertiary/aromatic N) is 3. The number of carbonyl (C=O) groups is 1. The number of rotatable bonds is 8. The molecule has 0 unspecified atom stereocenters. The summed E-state index contributed by atoms with van der Waals surface area (Å²) < 4.78 is 7.48. The Balaban J connectivity index is 1.15. The number of benzene rings is 2. The van der Waals surface area contributed by atoms with Gasteiger partial charge in [0.25, 0.3) is 5.91 Å². The lowest BCUT2D eigenvalue weighted by Gasteiger charge is -2.27. The van der Waals surface area contributed by atoms with Crippen molar-refractivity contribution in [1.82, 2.24) is 19.6 Å². The summed E-state index contributed by atoms with van der Waals surface area (Å²) in [6.07, 6.45) is 4.06. The Bertz CT molecular complexity index is 1220. The molecule has 5 rings (SSSR count). The lowest BCUT2D eigenvalue weighted by molar-refractivity contribution is 0.0340. The first kappa shape index (κ1) is 22.7. The van der Waals surface area contributed by atoms with Crippen molar-refractivity contribution in [1.29, 1.82) is 0 Å². The van der Waals surface area contributed by atoms with E-state index < -0.39 is 0 Å². The Morgan fingerprint density at radius 1 is 0.971 bits per heavy atom. The van der Waals surface area contributed by atoms with Crippen molar-refractivity contribution in [3.8, 4) is 0 Å². The summed E-state index contributed by atoms with van der Waals surface area (Å²) in [7, 11) is 0. The summed E-state index contributed by atoms with van der Waals surface area (Å²) in [5, 5.41) is 3.08. The van der Waals surface area contributed by atoms with Crippen LogP contribution in [0.4, 0.5) is 0 Å². The number of imidazole rings is 1. The molecular formula is C27H28N4O2S. The number of morpholine rings is 1. The fourth-order valence-electron chi connectivity index (χ4n) is 4.08. The molecule has 1 N–H and O–H groups in total. The van der Waals surface area contributed by atoms with E-state index in [-0.39, 0.29) is 5.91 Å². The average molecular weight is 473 g/mol. The average Bonchev–Trinajstić information content (AvgIpc) is 3.31. The van der Waals surface area contributed by atoms with Gasteiger partial charge in [0.15, 0.2) is 0 Å². The molecule has 1 fully saturated rings. The van der Waals surface area contributed by atoms with Gasteiger partial charge in [-0.05, 0) is 47.5 Å². The van der Waals surface area contributed by atoms with Gasteiger partial charge in [-0.25, -0.2) is 4.98 Å². The van der Waals surface area contributed by atoms with Crippen molar-refractivity contribution >= 4 is 23.3 Å². The highest BCUT2D eigenvalue weighted by atomic mass is 32.2. The number of carbonyl (C=O) groups excluding carboxylic acids is 1. The predicted octanol–water partition coefficient (Wildman–Crippen LogP) is 4.39. The summed E-state index contributed by atoms with van der Waals surface area (Å²) >= 11 is 1.72. The Kier molecular flexibility index (Phi) is 7.24. The molecule has 6 nitrogen and oxygen atoms in total. The molecule has 1 aliphatic rings. The molecule has 0 bridgehead atoms. The summed E-state index contributed by atoms with van der Waals surface area (Å²) in [4.78, 5) is 20.9. The highest BCUT2D eigenvalue weighted by Crippen LogP contribution is 2.23. The van der Waals surface area contributed by atoms with Crippen LogP contribution in [0.25, 0.3) is 5.65 Å². The van der Waals surface area contributed by atoms with Gasteiger partial charge in [0.05, 0.1) is 18.9 Å². The maximum absolute atomic E-state index is 12.8. The molecule has 0 saturated carbocycles. The van der Waals surface area contributed by atoms with Gasteiger partial charge >= 0.3 is 0 Å². The first-order valence-electron chi connectivity index (χ1n) is 11.6. The Morgan fingerprint density at radius 2 is 1.74 bits per heavy atom. The molecule has 1 saturated heterocycles. The third-order valence-electron chi connectivity index (χ3n) is 5.97. The van der Waals surface area contributed by atoms with Gasteiger partial charge in [-0.2, -0.15) is 0 Å². The van der Waals surface area contributed by atoms with Gasteiger partial charge < -0.3 is 14.5 Å². The molecule has 0 aliphatic carbocycles. The second kappa shape index (κ2) is 10.9. The number of thioether (sulfide) groups is 1. The number of fused-ring (bicyclic) bond motifs is 1. The molecule has 4 aromatic rings. The van der Waals surface area contributed by atoms with E-state index in [9.17, 15) is 4.79 Å². The largest absolute Gasteiger partial charge is 0.379 e. The molecule has 0 spiro atoms. The van der Waals surface area contributed by atoms with Crippen molar-refractivity contribution in [2.75, 3.05) is 26.3 Å². The number of nitrogens with one attached hydrogen (secondary N) is 1. The Labute approximate surface area is 204 Å². The predicted molar refractivity (Wildman–Crippen MR) is 135 cm³/mol. The van der Waals surface area contributed by atoms with Crippen LogP contribution in [-0.4, -0.2) is 46.5 Å². The maximum atomic E-state index is 12.8. The molecule has 0 atom stereocenters. The summed E-state index contributed by atoms with van der Waals surface area (Å²) in [5.41, 5.74) is 5.07. The van der Waals surface area contributed by atoms with Gasteiger partial charge in [0.2, 0.25) is 0 Å². The number of ether oxygens (including phenoxy) is 1. The third-order valence-corrected chi connectivity index (χ3v) is 7.02. The van der Waals surface area contributed by atoms with E-state index in [1.165, 1.54) is 5.56 Å². The first-order chi connectivity index (χ1) is 16.7. The van der Waals surface area contributed by atoms with E-state index in [1.807, 2.05) is 59.1 Å². The summed E-state index contributed by atoms with van der Waals surface area (Å²) in [5.74, 6) is 0.728. The van der Waals surface area contributed by atoms with E-state index in [0.29, 0.717) is 12.1 Å². The van der Waals surface area contributed by atoms with Crippen LogP contribution in [0.2, 0.25) is 0 Å². The molecule has 34 heavy (non-hydrogen) atoms. The molecule has 2 aromatic heterocycles. The standard InChI is InChI=1S/C27H28N4O2S/c32-27(28-17-22-5-1-2-6-23(22)18-30-13-15-33-16-14-30)21-8-10-25(11-9-21)34-20-24-19-31-12-4-3-7-26(31)29-24/h1-12,19H,13-18,20H2,(H,28,32). The van der Waals surface area contributed by atoms with Crippen LogP contribution < -0.4 is 5.32 Å². The van der Waals surface area contributed by atoms with E-state index in [4.69, 9.17) is 4.74 Å². The van der Waals surface area contributed by atoms with Crippen LogP contribution in [0.1, 0.15) is 27.2 Å². The molecular weight excluding hydrogens is 444 g/mol. The highest BCUT2D eigenvalue weighted by molar-refractivity contribution is 7.98. The second-order valence-electron chi connectivity index (χ2n) is 8.35. The third kappa shape index (κ3) is 5.67. The molecule has 0 radical (unpaired) electrons. The van der Waals surface area contributed by atoms with Crippen molar-refractivity contribution in [3.63, 3.8) is 0 Å². The van der Waals surface area contributed by atoms with Crippen LogP contribution >= 0.6 is 11.8 Å². The van der Waals surface area contributed by atoms with Crippen molar-refractivity contribution in [2.24, 2.45) is 0 Å².